The van der Waals surface area contributed by atoms with Gasteiger partial charge < -0.3 is 19.7 Å². The molecule has 2 aromatic rings. The number of ether oxygens (including phenoxy) is 2. The van der Waals surface area contributed by atoms with Crippen molar-refractivity contribution in [2.45, 2.75) is 71.3 Å². The van der Waals surface area contributed by atoms with Gasteiger partial charge in [0.2, 0.25) is 6.79 Å². The van der Waals surface area contributed by atoms with E-state index in [2.05, 4.69) is 6.92 Å². The molecule has 0 saturated carbocycles. The minimum Gasteiger partial charge on any atom is -0.454 e. The average molecular weight is 457 g/mol. The van der Waals surface area contributed by atoms with Gasteiger partial charge in [0.25, 0.3) is 0 Å². The zero-order valence-corrected chi connectivity index (χ0v) is 20.0. The summed E-state index contributed by atoms with van der Waals surface area (Å²) in [5, 5.41) is 17.3. The molecule has 0 spiro atoms. The van der Waals surface area contributed by atoms with Crippen molar-refractivity contribution in [3.05, 3.63) is 71.8 Å². The summed E-state index contributed by atoms with van der Waals surface area (Å²) in [6, 6.07) is 15.3. The zero-order valence-electron chi connectivity index (χ0n) is 20.0. The van der Waals surface area contributed by atoms with Crippen LogP contribution in [0.5, 0.6) is 11.5 Å². The predicted octanol–water partition coefficient (Wildman–Crippen LogP) is 6.01. The van der Waals surface area contributed by atoms with Gasteiger partial charge in [-0.05, 0) is 48.6 Å². The lowest BCUT2D eigenvalue weighted by atomic mass is 10.1. The highest BCUT2D eigenvalue weighted by molar-refractivity contribution is 5.64. The van der Waals surface area contributed by atoms with Crippen LogP contribution < -0.4 is 9.47 Å². The van der Waals surface area contributed by atoms with Crippen molar-refractivity contribution < 1.29 is 24.5 Å². The van der Waals surface area contributed by atoms with E-state index in [0.29, 0.717) is 0 Å². The van der Waals surface area contributed by atoms with Crippen molar-refractivity contribution >= 4 is 6.29 Å². The van der Waals surface area contributed by atoms with Gasteiger partial charge in [-0.15, -0.1) is 0 Å². The van der Waals surface area contributed by atoms with Crippen LogP contribution in [0.25, 0.3) is 0 Å². The molecule has 5 heteroatoms. The summed E-state index contributed by atoms with van der Waals surface area (Å²) in [6.45, 7) is 2.80. The van der Waals surface area contributed by atoms with E-state index < -0.39 is 0 Å². The van der Waals surface area contributed by atoms with E-state index in [0.717, 1.165) is 36.2 Å². The van der Waals surface area contributed by atoms with E-state index in [9.17, 15) is 4.79 Å². The maximum Gasteiger partial charge on any atom is 0.231 e. The van der Waals surface area contributed by atoms with Crippen LogP contribution in [-0.4, -0.2) is 29.9 Å². The number of aldehydes is 1. The van der Waals surface area contributed by atoms with Crippen LogP contribution in [0.1, 0.15) is 69.4 Å². The van der Waals surface area contributed by atoms with Gasteiger partial charge in [-0.2, -0.15) is 0 Å². The SMILES string of the molecule is CCCCCCCCC/C=C/C=O.OCCc1ccccc1.OCc1ccc2c(c1)OCO2. The first-order chi connectivity index (χ1) is 16.2. The number of benzene rings is 2. The Bertz CT molecular complexity index is 758. The molecule has 3 rings (SSSR count). The third kappa shape index (κ3) is 14.2. The molecule has 0 radical (unpaired) electrons. The fourth-order valence-corrected chi connectivity index (χ4v) is 3.18. The van der Waals surface area contributed by atoms with E-state index in [1.165, 1.54) is 50.5 Å². The van der Waals surface area contributed by atoms with Gasteiger partial charge in [-0.1, -0.05) is 87.9 Å². The first kappa shape index (κ1) is 28.4. The Hall–Kier alpha value is -2.63. The Morgan fingerprint density at radius 2 is 1.55 bits per heavy atom. The number of rotatable bonds is 12. The molecule has 0 fully saturated rings. The van der Waals surface area contributed by atoms with Crippen molar-refractivity contribution in [1.29, 1.82) is 0 Å². The van der Waals surface area contributed by atoms with Crippen LogP contribution in [0.15, 0.2) is 60.7 Å². The van der Waals surface area contributed by atoms with Gasteiger partial charge in [0.05, 0.1) is 6.61 Å². The molecule has 0 saturated heterocycles. The molecular formula is C28H40O5. The number of hydrogen-bond donors (Lipinski definition) is 2. The van der Waals surface area contributed by atoms with E-state index in [1.54, 1.807) is 18.2 Å². The predicted molar refractivity (Wildman–Crippen MR) is 134 cm³/mol. The van der Waals surface area contributed by atoms with Crippen molar-refractivity contribution in [3.63, 3.8) is 0 Å². The van der Waals surface area contributed by atoms with Crippen molar-refractivity contribution in [3.8, 4) is 11.5 Å². The van der Waals surface area contributed by atoms with E-state index in [1.807, 2.05) is 42.5 Å². The maximum absolute atomic E-state index is 9.93. The molecule has 0 amide bonds. The highest BCUT2D eigenvalue weighted by atomic mass is 16.7. The first-order valence-corrected chi connectivity index (χ1v) is 12.0. The molecule has 33 heavy (non-hydrogen) atoms. The fraction of sp³-hybridized carbons (Fsp3) is 0.464. The summed E-state index contributed by atoms with van der Waals surface area (Å²) in [7, 11) is 0. The maximum atomic E-state index is 9.93. The van der Waals surface area contributed by atoms with Crippen LogP contribution in [0.4, 0.5) is 0 Å². The minimum atomic E-state index is 0.0383. The molecule has 0 bridgehead atoms. The van der Waals surface area contributed by atoms with Crippen LogP contribution >= 0.6 is 0 Å². The topological polar surface area (TPSA) is 76.0 Å². The highest BCUT2D eigenvalue weighted by Gasteiger charge is 2.12. The van der Waals surface area contributed by atoms with Gasteiger partial charge in [0.1, 0.15) is 6.29 Å². The molecule has 182 valence electrons. The number of unbranched alkanes of at least 4 members (excludes halogenated alkanes) is 7. The molecule has 0 aliphatic carbocycles. The summed E-state index contributed by atoms with van der Waals surface area (Å²) in [6.07, 6.45) is 15.6. The summed E-state index contributed by atoms with van der Waals surface area (Å²) in [5.74, 6) is 1.47. The molecule has 1 heterocycles. The van der Waals surface area contributed by atoms with Crippen molar-refractivity contribution in [1.82, 2.24) is 0 Å². The molecule has 5 nitrogen and oxygen atoms in total. The Morgan fingerprint density at radius 3 is 2.21 bits per heavy atom. The van der Waals surface area contributed by atoms with Gasteiger partial charge in [0.15, 0.2) is 11.5 Å². The number of fused-ring (bicyclic) bond motifs is 1. The van der Waals surface area contributed by atoms with Crippen LogP contribution in [0.2, 0.25) is 0 Å². The normalized spacial score (nSPS) is 11.4. The average Bonchev–Trinajstić information content (AvgIpc) is 3.33. The van der Waals surface area contributed by atoms with Gasteiger partial charge in [0, 0.05) is 6.61 Å². The second-order valence-electron chi connectivity index (χ2n) is 7.78. The first-order valence-electron chi connectivity index (χ1n) is 12.0. The van der Waals surface area contributed by atoms with Crippen molar-refractivity contribution in [2.24, 2.45) is 0 Å². The minimum absolute atomic E-state index is 0.0383. The second kappa shape index (κ2) is 20.0. The summed E-state index contributed by atoms with van der Waals surface area (Å²) in [5.41, 5.74) is 2.04. The molecule has 0 atom stereocenters. The fourth-order valence-electron chi connectivity index (χ4n) is 3.18. The van der Waals surface area contributed by atoms with E-state index >= 15 is 0 Å². The number of hydrogen-bond acceptors (Lipinski definition) is 5. The third-order valence-electron chi connectivity index (χ3n) is 5.05. The number of aliphatic hydroxyl groups excluding tert-OH is 2. The number of allylic oxidation sites excluding steroid dienone is 2. The van der Waals surface area contributed by atoms with Crippen molar-refractivity contribution in [2.75, 3.05) is 13.4 Å². The molecule has 0 unspecified atom stereocenters. The molecule has 1 aliphatic heterocycles. The monoisotopic (exact) mass is 456 g/mol. The van der Waals surface area contributed by atoms with Crippen LogP contribution in [-0.2, 0) is 17.8 Å². The van der Waals surface area contributed by atoms with Crippen LogP contribution in [0.3, 0.4) is 0 Å². The molecule has 2 N–H and O–H groups in total. The lowest BCUT2D eigenvalue weighted by molar-refractivity contribution is -0.104. The number of aliphatic hydroxyl groups is 2. The molecule has 1 aliphatic rings. The van der Waals surface area contributed by atoms with Gasteiger partial charge >= 0.3 is 0 Å². The quantitative estimate of drug-likeness (QED) is 0.232. The largest absolute Gasteiger partial charge is 0.454 e. The Morgan fingerprint density at radius 1 is 0.848 bits per heavy atom. The Balaban J connectivity index is 0.000000251. The smallest absolute Gasteiger partial charge is 0.231 e. The lowest BCUT2D eigenvalue weighted by Gasteiger charge is -1.98. The molecule has 2 aromatic carbocycles. The molecular weight excluding hydrogens is 416 g/mol. The Kier molecular flexibility index (Phi) is 17.2. The highest BCUT2D eigenvalue weighted by Crippen LogP contribution is 2.32. The lowest BCUT2D eigenvalue weighted by Crippen LogP contribution is -1.92. The standard InChI is InChI=1S/C12H22O.C8H8O3.C8H10O/c1-2-3-4-5-6-7-8-9-10-11-12-13;9-4-6-1-2-7-8(3-6)11-5-10-7;9-7-6-8-4-2-1-3-5-8/h10-12H,2-9H2,1H3;1-3,9H,4-5H2;1-5,9H,6-7H2/b11-10+;;. The second-order valence-corrected chi connectivity index (χ2v) is 7.78. The number of carbonyl (C=O) groups excluding carboxylic acids is 1. The van der Waals surface area contributed by atoms with Crippen LogP contribution in [0, 0.1) is 0 Å². The summed E-state index contributed by atoms with van der Waals surface area (Å²) in [4.78, 5) is 9.93. The third-order valence-corrected chi connectivity index (χ3v) is 5.05. The van der Waals surface area contributed by atoms with E-state index in [4.69, 9.17) is 19.7 Å². The van der Waals surface area contributed by atoms with Gasteiger partial charge in [-0.3, -0.25) is 4.79 Å². The van der Waals surface area contributed by atoms with Gasteiger partial charge in [-0.25, -0.2) is 0 Å². The van der Waals surface area contributed by atoms with E-state index in [-0.39, 0.29) is 20.0 Å². The Labute approximate surface area is 199 Å². The number of carbonyl (C=O) groups is 1. The summed E-state index contributed by atoms with van der Waals surface area (Å²) < 4.78 is 10.2. The molecule has 0 aromatic heterocycles. The summed E-state index contributed by atoms with van der Waals surface area (Å²) >= 11 is 0. The zero-order chi connectivity index (χ0) is 24.0.